The van der Waals surface area contributed by atoms with Crippen molar-refractivity contribution in [2.75, 3.05) is 5.32 Å². The molecule has 1 aromatic heterocycles. The Balaban J connectivity index is 1.93. The summed E-state index contributed by atoms with van der Waals surface area (Å²) in [7, 11) is 0. The lowest BCUT2D eigenvalue weighted by molar-refractivity contribution is -0.118. The van der Waals surface area contributed by atoms with Gasteiger partial charge in [-0.05, 0) is 36.9 Å². The second kappa shape index (κ2) is 7.22. The molecule has 1 aromatic carbocycles. The van der Waals surface area contributed by atoms with E-state index in [-0.39, 0.29) is 18.0 Å². The monoisotopic (exact) mass is 288 g/mol. The van der Waals surface area contributed by atoms with Crippen molar-refractivity contribution in [1.82, 2.24) is 5.32 Å². The molecule has 2 aromatic rings. The van der Waals surface area contributed by atoms with Crippen molar-refractivity contribution < 1.29 is 4.79 Å². The van der Waals surface area contributed by atoms with Gasteiger partial charge < -0.3 is 5.32 Å². The van der Waals surface area contributed by atoms with Gasteiger partial charge in [0.1, 0.15) is 0 Å². The van der Waals surface area contributed by atoms with Crippen molar-refractivity contribution in [2.24, 2.45) is 0 Å². The van der Waals surface area contributed by atoms with E-state index in [1.54, 1.807) is 11.3 Å². The summed E-state index contributed by atoms with van der Waals surface area (Å²) in [4.78, 5) is 13.4. The van der Waals surface area contributed by atoms with E-state index in [9.17, 15) is 4.79 Å². The summed E-state index contributed by atoms with van der Waals surface area (Å²) in [6.07, 6.45) is 0.962. The van der Waals surface area contributed by atoms with Gasteiger partial charge >= 0.3 is 0 Å². The Labute approximate surface area is 124 Å². The quantitative estimate of drug-likeness (QED) is 0.848. The number of rotatable bonds is 6. The summed E-state index contributed by atoms with van der Waals surface area (Å²) in [5.74, 6) is -0.00814. The van der Waals surface area contributed by atoms with Crippen LogP contribution in [0.15, 0.2) is 47.8 Å². The maximum atomic E-state index is 12.2. The molecule has 2 N–H and O–H groups in total. The Kier molecular flexibility index (Phi) is 5.32. The number of carbonyl (C=O) groups is 1. The van der Waals surface area contributed by atoms with Gasteiger partial charge in [-0.3, -0.25) is 10.1 Å². The van der Waals surface area contributed by atoms with E-state index in [2.05, 4.69) is 29.0 Å². The average Bonchev–Trinajstić information content (AvgIpc) is 2.99. The summed E-state index contributed by atoms with van der Waals surface area (Å²) >= 11 is 1.72. The number of hydrogen-bond acceptors (Lipinski definition) is 3. The number of hydrogen-bond donors (Lipinski definition) is 2. The number of anilines is 1. The highest BCUT2D eigenvalue weighted by molar-refractivity contribution is 7.10. The molecule has 0 radical (unpaired) electrons. The van der Waals surface area contributed by atoms with Crippen LogP contribution in [-0.4, -0.2) is 11.9 Å². The van der Waals surface area contributed by atoms with Gasteiger partial charge in [0, 0.05) is 16.6 Å². The van der Waals surface area contributed by atoms with Crippen LogP contribution in [0.2, 0.25) is 0 Å². The SMILES string of the molecule is CCC(NC(C)C(=O)Nc1ccccc1)c1cccs1. The lowest BCUT2D eigenvalue weighted by Gasteiger charge is -2.21. The van der Waals surface area contributed by atoms with Crippen LogP contribution in [0.3, 0.4) is 0 Å². The molecule has 0 aliphatic carbocycles. The first-order valence-electron chi connectivity index (χ1n) is 6.86. The van der Waals surface area contributed by atoms with E-state index < -0.39 is 0 Å². The molecule has 1 amide bonds. The van der Waals surface area contributed by atoms with E-state index in [0.717, 1.165) is 12.1 Å². The first-order valence-corrected chi connectivity index (χ1v) is 7.74. The lowest BCUT2D eigenvalue weighted by Crippen LogP contribution is -2.39. The highest BCUT2D eigenvalue weighted by Crippen LogP contribution is 2.22. The van der Waals surface area contributed by atoms with E-state index in [0.29, 0.717) is 0 Å². The van der Waals surface area contributed by atoms with Crippen molar-refractivity contribution in [2.45, 2.75) is 32.4 Å². The number of amides is 1. The summed E-state index contributed by atoms with van der Waals surface area (Å²) in [5.41, 5.74) is 0.829. The summed E-state index contributed by atoms with van der Waals surface area (Å²) < 4.78 is 0. The molecular weight excluding hydrogens is 268 g/mol. The van der Waals surface area contributed by atoms with Gasteiger partial charge in [-0.2, -0.15) is 0 Å². The molecular formula is C16H20N2OS. The molecule has 0 saturated heterocycles. The van der Waals surface area contributed by atoms with Crippen molar-refractivity contribution in [1.29, 1.82) is 0 Å². The zero-order valence-corrected chi connectivity index (χ0v) is 12.6. The Morgan fingerprint density at radius 2 is 1.95 bits per heavy atom. The average molecular weight is 288 g/mol. The highest BCUT2D eigenvalue weighted by atomic mass is 32.1. The fourth-order valence-electron chi connectivity index (χ4n) is 2.04. The number of benzene rings is 1. The van der Waals surface area contributed by atoms with E-state index in [1.807, 2.05) is 43.3 Å². The van der Waals surface area contributed by atoms with Gasteiger partial charge in [-0.1, -0.05) is 31.2 Å². The molecule has 3 nitrogen and oxygen atoms in total. The third-order valence-corrected chi connectivity index (χ3v) is 4.17. The third-order valence-electron chi connectivity index (χ3n) is 3.18. The fraction of sp³-hybridized carbons (Fsp3) is 0.312. The molecule has 0 aliphatic heterocycles. The summed E-state index contributed by atoms with van der Waals surface area (Å²) in [5, 5.41) is 8.37. The van der Waals surface area contributed by atoms with Crippen LogP contribution < -0.4 is 10.6 Å². The molecule has 1 heterocycles. The van der Waals surface area contributed by atoms with Gasteiger partial charge in [0.2, 0.25) is 5.91 Å². The van der Waals surface area contributed by atoms with Crippen LogP contribution in [0.25, 0.3) is 0 Å². The maximum Gasteiger partial charge on any atom is 0.241 e. The molecule has 0 saturated carbocycles. The second-order valence-electron chi connectivity index (χ2n) is 4.72. The normalized spacial score (nSPS) is 13.7. The molecule has 2 atom stereocenters. The minimum Gasteiger partial charge on any atom is -0.325 e. The van der Waals surface area contributed by atoms with Gasteiger partial charge in [0.25, 0.3) is 0 Å². The molecule has 0 fully saturated rings. The van der Waals surface area contributed by atoms with Crippen LogP contribution in [0.5, 0.6) is 0 Å². The molecule has 4 heteroatoms. The molecule has 106 valence electrons. The first kappa shape index (κ1) is 14.8. The topological polar surface area (TPSA) is 41.1 Å². The number of nitrogens with one attached hydrogen (secondary N) is 2. The minimum absolute atomic E-state index is 0.00814. The standard InChI is InChI=1S/C16H20N2OS/c1-3-14(15-10-7-11-20-15)17-12(2)16(19)18-13-8-5-4-6-9-13/h4-12,14,17H,3H2,1-2H3,(H,18,19). The van der Waals surface area contributed by atoms with Crippen molar-refractivity contribution in [3.05, 3.63) is 52.7 Å². The minimum atomic E-state index is -0.234. The van der Waals surface area contributed by atoms with Gasteiger partial charge in [0.05, 0.1) is 6.04 Å². The molecule has 0 bridgehead atoms. The molecule has 2 unspecified atom stereocenters. The molecule has 2 rings (SSSR count). The van der Waals surface area contributed by atoms with E-state index in [4.69, 9.17) is 0 Å². The van der Waals surface area contributed by atoms with Gasteiger partial charge in [-0.25, -0.2) is 0 Å². The second-order valence-corrected chi connectivity index (χ2v) is 5.70. The fourth-order valence-corrected chi connectivity index (χ4v) is 2.91. The van der Waals surface area contributed by atoms with E-state index in [1.165, 1.54) is 4.88 Å². The van der Waals surface area contributed by atoms with Crippen LogP contribution in [0.1, 0.15) is 31.2 Å². The number of thiophene rings is 1. The van der Waals surface area contributed by atoms with E-state index >= 15 is 0 Å². The van der Waals surface area contributed by atoms with Gasteiger partial charge in [0.15, 0.2) is 0 Å². The lowest BCUT2D eigenvalue weighted by atomic mass is 10.1. The number of para-hydroxylation sites is 1. The summed E-state index contributed by atoms with van der Waals surface area (Å²) in [6, 6.07) is 13.7. The van der Waals surface area contributed by atoms with Crippen molar-refractivity contribution >= 4 is 22.9 Å². The highest BCUT2D eigenvalue weighted by Gasteiger charge is 2.18. The molecule has 0 spiro atoms. The van der Waals surface area contributed by atoms with Crippen LogP contribution in [0, 0.1) is 0 Å². The number of carbonyl (C=O) groups excluding carboxylic acids is 1. The largest absolute Gasteiger partial charge is 0.325 e. The zero-order chi connectivity index (χ0) is 14.4. The predicted molar refractivity (Wildman–Crippen MR) is 85.0 cm³/mol. The van der Waals surface area contributed by atoms with Crippen LogP contribution in [-0.2, 0) is 4.79 Å². The Morgan fingerprint density at radius 1 is 1.20 bits per heavy atom. The Hall–Kier alpha value is -1.65. The summed E-state index contributed by atoms with van der Waals surface area (Å²) in [6.45, 7) is 4.02. The first-order chi connectivity index (χ1) is 9.70. The predicted octanol–water partition coefficient (Wildman–Crippen LogP) is 3.82. The molecule has 0 aliphatic rings. The zero-order valence-electron chi connectivity index (χ0n) is 11.8. The van der Waals surface area contributed by atoms with Crippen LogP contribution in [0.4, 0.5) is 5.69 Å². The smallest absolute Gasteiger partial charge is 0.241 e. The van der Waals surface area contributed by atoms with Gasteiger partial charge in [-0.15, -0.1) is 11.3 Å². The van der Waals surface area contributed by atoms with Crippen molar-refractivity contribution in [3.8, 4) is 0 Å². The third kappa shape index (κ3) is 3.92. The Bertz CT molecular complexity index is 525. The maximum absolute atomic E-state index is 12.2. The van der Waals surface area contributed by atoms with Crippen LogP contribution >= 0.6 is 11.3 Å². The van der Waals surface area contributed by atoms with Crippen molar-refractivity contribution in [3.63, 3.8) is 0 Å². The molecule has 20 heavy (non-hydrogen) atoms. The Morgan fingerprint density at radius 3 is 2.55 bits per heavy atom.